The summed E-state index contributed by atoms with van der Waals surface area (Å²) in [6.45, 7) is 1.17. The fourth-order valence-corrected chi connectivity index (χ4v) is 3.87. The minimum Gasteiger partial charge on any atom is -0.268 e. The van der Waals surface area contributed by atoms with Gasteiger partial charge in [0.25, 0.3) is 0 Å². The Labute approximate surface area is 145 Å². The van der Waals surface area contributed by atoms with Crippen LogP contribution in [0.2, 0.25) is 0 Å². The number of nitrogens with zero attached hydrogens (tertiary/aromatic N) is 1. The van der Waals surface area contributed by atoms with Gasteiger partial charge >= 0.3 is 0 Å². The van der Waals surface area contributed by atoms with Crippen molar-refractivity contribution >= 4 is 0 Å². The van der Waals surface area contributed by atoms with Crippen LogP contribution in [0.1, 0.15) is 22.3 Å². The molecule has 1 heterocycles. The first-order valence-corrected chi connectivity index (χ1v) is 8.20. The van der Waals surface area contributed by atoms with E-state index in [4.69, 9.17) is 5.84 Å². The minimum absolute atomic E-state index is 0.285. The van der Waals surface area contributed by atoms with E-state index in [1.54, 1.807) is 29.3 Å². The van der Waals surface area contributed by atoms with Gasteiger partial charge in [0, 0.05) is 13.1 Å². The summed E-state index contributed by atoms with van der Waals surface area (Å²) in [4.78, 5) is 0. The highest BCUT2D eigenvalue weighted by Gasteiger charge is 2.42. The molecule has 1 aliphatic rings. The lowest BCUT2D eigenvalue weighted by molar-refractivity contribution is 0.218. The second-order valence-electron chi connectivity index (χ2n) is 6.48. The fraction of sp³-hybridized carbons (Fsp3) is 0.143. The summed E-state index contributed by atoms with van der Waals surface area (Å²) in [5, 5.41) is 1.76. The monoisotopic (exact) mass is 336 g/mol. The number of halogens is 2. The van der Waals surface area contributed by atoms with E-state index in [1.165, 1.54) is 24.3 Å². The van der Waals surface area contributed by atoms with Crippen LogP contribution in [0.5, 0.6) is 0 Å². The van der Waals surface area contributed by atoms with Crippen LogP contribution in [0.4, 0.5) is 8.78 Å². The number of hydrogen-bond acceptors (Lipinski definition) is 2. The molecule has 0 aromatic heterocycles. The number of hydrazine groups is 1. The summed E-state index contributed by atoms with van der Waals surface area (Å²) in [5.74, 6) is 5.67. The molecule has 0 spiro atoms. The zero-order valence-corrected chi connectivity index (χ0v) is 13.6. The van der Waals surface area contributed by atoms with Crippen molar-refractivity contribution in [3.8, 4) is 0 Å². The summed E-state index contributed by atoms with van der Waals surface area (Å²) >= 11 is 0. The Hall–Kier alpha value is -2.56. The Balaban J connectivity index is 2.03. The third kappa shape index (κ3) is 2.64. The summed E-state index contributed by atoms with van der Waals surface area (Å²) in [5.41, 5.74) is 3.52. The topological polar surface area (TPSA) is 29.3 Å². The van der Waals surface area contributed by atoms with Gasteiger partial charge in [-0.25, -0.2) is 13.8 Å². The van der Waals surface area contributed by atoms with Gasteiger partial charge < -0.3 is 0 Å². The molecule has 4 heteroatoms. The highest BCUT2D eigenvalue weighted by Crippen LogP contribution is 2.44. The average Bonchev–Trinajstić information content (AvgIpc) is 2.62. The van der Waals surface area contributed by atoms with Crippen LogP contribution >= 0.6 is 0 Å². The lowest BCUT2D eigenvalue weighted by Crippen LogP contribution is -2.50. The van der Waals surface area contributed by atoms with Gasteiger partial charge in [-0.3, -0.25) is 5.84 Å². The molecule has 0 aliphatic carbocycles. The van der Waals surface area contributed by atoms with Gasteiger partial charge in [-0.2, -0.15) is 0 Å². The molecule has 2 nitrogen and oxygen atoms in total. The molecule has 0 amide bonds. The summed E-state index contributed by atoms with van der Waals surface area (Å²) < 4.78 is 27.0. The fourth-order valence-electron chi connectivity index (χ4n) is 3.87. The Morgan fingerprint density at radius 2 is 1.28 bits per heavy atom. The first kappa shape index (κ1) is 15.9. The van der Waals surface area contributed by atoms with Crippen LogP contribution in [-0.2, 0) is 12.0 Å². The van der Waals surface area contributed by atoms with Crippen molar-refractivity contribution in [2.24, 2.45) is 5.84 Å². The second-order valence-corrected chi connectivity index (χ2v) is 6.48. The minimum atomic E-state index is -0.578. The molecular weight excluding hydrogens is 318 g/mol. The molecule has 0 saturated carbocycles. The van der Waals surface area contributed by atoms with E-state index in [2.05, 4.69) is 12.1 Å². The lowest BCUT2D eigenvalue weighted by atomic mass is 9.66. The molecule has 3 aromatic rings. The van der Waals surface area contributed by atoms with Gasteiger partial charge in [-0.1, -0.05) is 48.5 Å². The van der Waals surface area contributed by atoms with E-state index in [9.17, 15) is 8.78 Å². The second kappa shape index (κ2) is 6.06. The normalized spacial score (nSPS) is 16.4. The lowest BCUT2D eigenvalue weighted by Gasteiger charge is -2.43. The first-order valence-electron chi connectivity index (χ1n) is 8.20. The molecule has 0 bridgehead atoms. The van der Waals surface area contributed by atoms with Gasteiger partial charge in [0.2, 0.25) is 0 Å². The number of hydrogen-bond donors (Lipinski definition) is 1. The van der Waals surface area contributed by atoms with Gasteiger partial charge in [0.1, 0.15) is 11.6 Å². The molecule has 0 radical (unpaired) electrons. The zero-order chi connectivity index (χ0) is 17.4. The largest absolute Gasteiger partial charge is 0.268 e. The number of nitrogens with two attached hydrogens (primary N) is 1. The average molecular weight is 336 g/mol. The quantitative estimate of drug-likeness (QED) is 0.717. The van der Waals surface area contributed by atoms with Crippen molar-refractivity contribution in [3.05, 3.63) is 107 Å². The van der Waals surface area contributed by atoms with Crippen LogP contribution in [0.25, 0.3) is 0 Å². The molecule has 3 aromatic carbocycles. The molecule has 0 fully saturated rings. The van der Waals surface area contributed by atoms with E-state index in [0.717, 1.165) is 22.3 Å². The molecular formula is C21H18F2N2. The van der Waals surface area contributed by atoms with Crippen molar-refractivity contribution < 1.29 is 8.78 Å². The number of benzene rings is 3. The summed E-state index contributed by atoms with van der Waals surface area (Å²) in [6.07, 6.45) is 0. The van der Waals surface area contributed by atoms with Crippen molar-refractivity contribution in [2.45, 2.75) is 12.0 Å². The van der Waals surface area contributed by atoms with E-state index >= 15 is 0 Å². The highest BCUT2D eigenvalue weighted by molar-refractivity contribution is 5.54. The van der Waals surface area contributed by atoms with Crippen LogP contribution in [0.3, 0.4) is 0 Å². The Kier molecular flexibility index (Phi) is 3.86. The van der Waals surface area contributed by atoms with Gasteiger partial charge in [-0.05, 0) is 46.5 Å². The maximum Gasteiger partial charge on any atom is 0.123 e. The predicted octanol–water partition coefficient (Wildman–Crippen LogP) is 3.99. The SMILES string of the molecule is NN1Cc2ccccc2C(c2ccc(F)cc2)(c2ccc(F)cc2)C1. The maximum absolute atomic E-state index is 13.5. The number of rotatable bonds is 2. The Morgan fingerprint density at radius 1 is 0.760 bits per heavy atom. The van der Waals surface area contributed by atoms with Crippen LogP contribution in [0.15, 0.2) is 72.8 Å². The summed E-state index contributed by atoms with van der Waals surface area (Å²) in [7, 11) is 0. The molecule has 0 unspecified atom stereocenters. The van der Waals surface area contributed by atoms with E-state index in [-0.39, 0.29) is 11.6 Å². The van der Waals surface area contributed by atoms with Gasteiger partial charge in [0.05, 0.1) is 5.41 Å². The van der Waals surface area contributed by atoms with Crippen molar-refractivity contribution in [1.82, 2.24) is 5.01 Å². The summed E-state index contributed by atoms with van der Waals surface area (Å²) in [6, 6.07) is 21.1. The van der Waals surface area contributed by atoms with Crippen LogP contribution < -0.4 is 5.84 Å². The highest BCUT2D eigenvalue weighted by atomic mass is 19.1. The number of fused-ring (bicyclic) bond motifs is 1. The predicted molar refractivity (Wildman–Crippen MR) is 93.7 cm³/mol. The van der Waals surface area contributed by atoms with Crippen LogP contribution in [0, 0.1) is 11.6 Å². The Bertz CT molecular complexity index is 843. The third-order valence-electron chi connectivity index (χ3n) is 4.96. The van der Waals surface area contributed by atoms with E-state index in [0.29, 0.717) is 13.1 Å². The molecule has 25 heavy (non-hydrogen) atoms. The first-order chi connectivity index (χ1) is 12.1. The molecule has 0 atom stereocenters. The molecule has 2 N–H and O–H groups in total. The van der Waals surface area contributed by atoms with Crippen molar-refractivity contribution in [1.29, 1.82) is 0 Å². The smallest absolute Gasteiger partial charge is 0.123 e. The van der Waals surface area contributed by atoms with E-state index < -0.39 is 5.41 Å². The maximum atomic E-state index is 13.5. The van der Waals surface area contributed by atoms with Gasteiger partial charge in [0.15, 0.2) is 0 Å². The zero-order valence-electron chi connectivity index (χ0n) is 13.6. The van der Waals surface area contributed by atoms with Gasteiger partial charge in [-0.15, -0.1) is 0 Å². The van der Waals surface area contributed by atoms with Crippen molar-refractivity contribution in [3.63, 3.8) is 0 Å². The van der Waals surface area contributed by atoms with Crippen LogP contribution in [-0.4, -0.2) is 11.6 Å². The standard InChI is InChI=1S/C21H18F2N2/c22-18-9-5-16(6-10-18)21(17-7-11-19(23)12-8-17)14-25(24)13-15-3-1-2-4-20(15)21/h1-12H,13-14,24H2. The van der Waals surface area contributed by atoms with E-state index in [1.807, 2.05) is 12.1 Å². The third-order valence-corrected chi connectivity index (χ3v) is 4.96. The molecule has 1 aliphatic heterocycles. The Morgan fingerprint density at radius 3 is 1.84 bits per heavy atom. The van der Waals surface area contributed by atoms with Crippen molar-refractivity contribution in [2.75, 3.05) is 6.54 Å². The molecule has 0 saturated heterocycles. The molecule has 126 valence electrons. The molecule has 4 rings (SSSR count).